The second-order valence-electron chi connectivity index (χ2n) is 4.21. The van der Waals surface area contributed by atoms with Crippen molar-refractivity contribution >= 4 is 16.6 Å². The Morgan fingerprint density at radius 1 is 1.29 bits per heavy atom. The molecule has 0 aromatic heterocycles. The molecule has 17 heavy (non-hydrogen) atoms. The van der Waals surface area contributed by atoms with Crippen molar-refractivity contribution in [1.29, 1.82) is 0 Å². The third kappa shape index (κ3) is 5.26. The molecule has 0 bridgehead atoms. The highest BCUT2D eigenvalue weighted by molar-refractivity contribution is 7.84. The molecule has 94 valence electrons. The molecule has 0 saturated carbocycles. The van der Waals surface area contributed by atoms with Gasteiger partial charge in [0.1, 0.15) is 5.78 Å². The van der Waals surface area contributed by atoms with Gasteiger partial charge in [0.05, 0.1) is 0 Å². The van der Waals surface area contributed by atoms with Gasteiger partial charge in [0.25, 0.3) is 0 Å². The third-order valence-electron chi connectivity index (χ3n) is 2.80. The predicted molar refractivity (Wildman–Crippen MR) is 72.4 cm³/mol. The molecule has 1 aromatic carbocycles. The lowest BCUT2D eigenvalue weighted by Gasteiger charge is -2.05. The average Bonchev–Trinajstić information content (AvgIpc) is 2.32. The molecule has 0 N–H and O–H groups in total. The minimum atomic E-state index is -0.852. The Morgan fingerprint density at radius 2 is 2.00 bits per heavy atom. The van der Waals surface area contributed by atoms with Crippen LogP contribution in [0, 0.1) is 6.92 Å². The smallest absolute Gasteiger partial charge is 0.132 e. The summed E-state index contributed by atoms with van der Waals surface area (Å²) in [7, 11) is -0.852. The summed E-state index contributed by atoms with van der Waals surface area (Å²) >= 11 is 0. The van der Waals surface area contributed by atoms with Crippen LogP contribution in [0.15, 0.2) is 24.3 Å². The first kappa shape index (κ1) is 14.1. The van der Waals surface area contributed by atoms with Crippen LogP contribution in [-0.2, 0) is 21.3 Å². The highest BCUT2D eigenvalue weighted by Gasteiger charge is 2.05. The van der Waals surface area contributed by atoms with E-state index in [1.807, 2.05) is 38.1 Å². The Kier molecular flexibility index (Phi) is 6.12. The molecule has 2 nitrogen and oxygen atoms in total. The van der Waals surface area contributed by atoms with Crippen LogP contribution < -0.4 is 0 Å². The van der Waals surface area contributed by atoms with Crippen LogP contribution in [0.2, 0.25) is 0 Å². The number of aryl methyl sites for hydroxylation is 1. The number of hydrogen-bond donors (Lipinski definition) is 0. The van der Waals surface area contributed by atoms with Crippen LogP contribution in [-0.4, -0.2) is 15.7 Å². The Hall–Kier alpha value is -0.960. The molecule has 1 rings (SSSR count). The lowest BCUT2D eigenvalue weighted by molar-refractivity contribution is -0.118. The molecule has 0 aliphatic rings. The van der Waals surface area contributed by atoms with Crippen molar-refractivity contribution in [2.75, 3.05) is 5.75 Å². The normalized spacial score (nSPS) is 12.4. The van der Waals surface area contributed by atoms with Gasteiger partial charge in [-0.2, -0.15) is 0 Å². The van der Waals surface area contributed by atoms with Gasteiger partial charge in [0.2, 0.25) is 0 Å². The van der Waals surface area contributed by atoms with Crippen LogP contribution in [0.1, 0.15) is 37.3 Å². The molecule has 0 heterocycles. The van der Waals surface area contributed by atoms with E-state index in [4.69, 9.17) is 0 Å². The molecule has 0 spiro atoms. The van der Waals surface area contributed by atoms with Gasteiger partial charge in [-0.25, -0.2) is 0 Å². The summed E-state index contributed by atoms with van der Waals surface area (Å²) in [5, 5.41) is 0. The van der Waals surface area contributed by atoms with Crippen LogP contribution >= 0.6 is 0 Å². The summed E-state index contributed by atoms with van der Waals surface area (Å²) in [6, 6.07) is 8.01. The van der Waals surface area contributed by atoms with E-state index >= 15 is 0 Å². The lowest BCUT2D eigenvalue weighted by Crippen LogP contribution is -2.05. The standard InChI is InChI=1S/C14H20O2S/c1-3-14(15)9-6-10-17(16)11-13-8-5-4-7-12(13)2/h4-5,7-8H,3,6,9-11H2,1-2H3. The number of hydrogen-bond acceptors (Lipinski definition) is 2. The number of ketones is 1. The van der Waals surface area contributed by atoms with E-state index in [1.165, 1.54) is 5.56 Å². The molecule has 0 aliphatic carbocycles. The number of carbonyl (C=O) groups is 1. The first-order chi connectivity index (χ1) is 8.13. The second-order valence-corrected chi connectivity index (χ2v) is 5.79. The maximum Gasteiger partial charge on any atom is 0.132 e. The molecule has 3 heteroatoms. The van der Waals surface area contributed by atoms with Gasteiger partial charge in [0, 0.05) is 35.1 Å². The molecule has 1 unspecified atom stereocenters. The van der Waals surface area contributed by atoms with E-state index in [1.54, 1.807) is 0 Å². The Labute approximate surface area is 106 Å². The Bertz CT molecular complexity index is 399. The molecule has 0 radical (unpaired) electrons. The maximum atomic E-state index is 11.8. The van der Waals surface area contributed by atoms with Crippen LogP contribution in [0.4, 0.5) is 0 Å². The van der Waals surface area contributed by atoms with Crippen molar-refractivity contribution < 1.29 is 9.00 Å². The maximum absolute atomic E-state index is 11.8. The fourth-order valence-corrected chi connectivity index (χ4v) is 2.91. The van der Waals surface area contributed by atoms with E-state index in [-0.39, 0.29) is 5.78 Å². The van der Waals surface area contributed by atoms with E-state index in [0.29, 0.717) is 24.3 Å². The highest BCUT2D eigenvalue weighted by atomic mass is 32.2. The molecule has 0 saturated heterocycles. The Balaban J connectivity index is 2.35. The fraction of sp³-hybridized carbons (Fsp3) is 0.500. The van der Waals surface area contributed by atoms with E-state index in [9.17, 15) is 9.00 Å². The van der Waals surface area contributed by atoms with Crippen molar-refractivity contribution in [1.82, 2.24) is 0 Å². The van der Waals surface area contributed by atoms with Gasteiger partial charge < -0.3 is 0 Å². The summed E-state index contributed by atoms with van der Waals surface area (Å²) in [4.78, 5) is 11.1. The lowest BCUT2D eigenvalue weighted by atomic mass is 10.1. The number of benzene rings is 1. The van der Waals surface area contributed by atoms with Crippen molar-refractivity contribution in [2.24, 2.45) is 0 Å². The second kappa shape index (κ2) is 7.38. The molecule has 1 atom stereocenters. The van der Waals surface area contributed by atoms with Crippen LogP contribution in [0.25, 0.3) is 0 Å². The predicted octanol–water partition coefficient (Wildman–Crippen LogP) is 3.00. The summed E-state index contributed by atoms with van der Waals surface area (Å²) < 4.78 is 11.8. The summed E-state index contributed by atoms with van der Waals surface area (Å²) in [5.74, 6) is 1.49. The number of carbonyl (C=O) groups excluding carboxylic acids is 1. The topological polar surface area (TPSA) is 34.1 Å². The first-order valence-corrected chi connectivity index (χ1v) is 7.53. The van der Waals surface area contributed by atoms with Crippen molar-refractivity contribution in [3.63, 3.8) is 0 Å². The van der Waals surface area contributed by atoms with Gasteiger partial charge >= 0.3 is 0 Å². The zero-order valence-electron chi connectivity index (χ0n) is 10.6. The SMILES string of the molecule is CCC(=O)CCCS(=O)Cc1ccccc1C. The van der Waals surface area contributed by atoms with E-state index in [2.05, 4.69) is 0 Å². The third-order valence-corrected chi connectivity index (χ3v) is 4.18. The quantitative estimate of drug-likeness (QED) is 0.747. The van der Waals surface area contributed by atoms with Crippen molar-refractivity contribution in [2.45, 2.75) is 38.9 Å². The number of Topliss-reactive ketones (excluding diaryl/α,β-unsaturated/α-hetero) is 1. The molecular formula is C14H20O2S. The number of rotatable bonds is 7. The van der Waals surface area contributed by atoms with Gasteiger partial charge in [0.15, 0.2) is 0 Å². The van der Waals surface area contributed by atoms with E-state index in [0.717, 1.165) is 12.0 Å². The minimum absolute atomic E-state index is 0.262. The molecule has 1 aromatic rings. The minimum Gasteiger partial charge on any atom is -0.300 e. The van der Waals surface area contributed by atoms with Crippen molar-refractivity contribution in [3.05, 3.63) is 35.4 Å². The molecule has 0 fully saturated rings. The monoisotopic (exact) mass is 252 g/mol. The van der Waals surface area contributed by atoms with Crippen molar-refractivity contribution in [3.8, 4) is 0 Å². The zero-order valence-corrected chi connectivity index (χ0v) is 11.4. The van der Waals surface area contributed by atoms with Crippen LogP contribution in [0.3, 0.4) is 0 Å². The Morgan fingerprint density at radius 3 is 2.65 bits per heavy atom. The molecule has 0 aliphatic heterocycles. The fourth-order valence-electron chi connectivity index (χ4n) is 1.62. The van der Waals surface area contributed by atoms with E-state index < -0.39 is 10.8 Å². The highest BCUT2D eigenvalue weighted by Crippen LogP contribution is 2.10. The van der Waals surface area contributed by atoms with Gasteiger partial charge in [-0.05, 0) is 24.5 Å². The average molecular weight is 252 g/mol. The van der Waals surface area contributed by atoms with Gasteiger partial charge in [-0.3, -0.25) is 9.00 Å². The molecular weight excluding hydrogens is 232 g/mol. The largest absolute Gasteiger partial charge is 0.300 e. The van der Waals surface area contributed by atoms with Gasteiger partial charge in [-0.15, -0.1) is 0 Å². The summed E-state index contributed by atoms with van der Waals surface area (Å²) in [5.41, 5.74) is 2.33. The summed E-state index contributed by atoms with van der Waals surface area (Å²) in [6.07, 6.45) is 1.89. The van der Waals surface area contributed by atoms with Crippen LogP contribution in [0.5, 0.6) is 0 Å². The van der Waals surface area contributed by atoms with Gasteiger partial charge in [-0.1, -0.05) is 31.2 Å². The zero-order chi connectivity index (χ0) is 12.7. The summed E-state index contributed by atoms with van der Waals surface area (Å²) in [6.45, 7) is 3.90. The molecule has 0 amide bonds. The first-order valence-electron chi connectivity index (χ1n) is 6.04.